The summed E-state index contributed by atoms with van der Waals surface area (Å²) >= 11 is 0. The highest BCUT2D eigenvalue weighted by Gasteiger charge is 2.20. The van der Waals surface area contributed by atoms with E-state index in [2.05, 4.69) is 30.1 Å². The first-order valence-corrected chi connectivity index (χ1v) is 6.61. The Bertz CT molecular complexity index is 568. The molecule has 2 atom stereocenters. The fourth-order valence-corrected chi connectivity index (χ4v) is 2.52. The smallest absolute Gasteiger partial charge is 0.0725 e. The fraction of sp³-hybridized carbons (Fsp3) is 0.312. The van der Waals surface area contributed by atoms with E-state index in [-0.39, 0.29) is 12.0 Å². The summed E-state index contributed by atoms with van der Waals surface area (Å²) in [5.74, 6) is 0.196. The molecule has 1 aliphatic rings. The standard InChI is InChI=1S/C16H18N2O/c1-11(15-4-2-3-7-18-15)16(17)12-5-6-13-9-19-10-14(13)8-12/h2-8,11,16H,9-10,17H2,1H3. The van der Waals surface area contributed by atoms with Gasteiger partial charge in [0.15, 0.2) is 0 Å². The molecule has 0 bridgehead atoms. The van der Waals surface area contributed by atoms with Crippen LogP contribution in [-0.4, -0.2) is 4.98 Å². The molecule has 1 aromatic heterocycles. The Morgan fingerprint density at radius 1 is 1.16 bits per heavy atom. The third-order valence-electron chi connectivity index (χ3n) is 3.82. The van der Waals surface area contributed by atoms with E-state index in [0.717, 1.165) is 17.9 Å². The first kappa shape index (κ1) is 12.3. The molecule has 0 radical (unpaired) electrons. The second kappa shape index (κ2) is 5.11. The van der Waals surface area contributed by atoms with Gasteiger partial charge in [-0.15, -0.1) is 0 Å². The molecule has 0 saturated heterocycles. The number of fused-ring (bicyclic) bond motifs is 1. The molecule has 3 nitrogen and oxygen atoms in total. The fourth-order valence-electron chi connectivity index (χ4n) is 2.52. The van der Waals surface area contributed by atoms with Gasteiger partial charge in [-0.25, -0.2) is 0 Å². The number of nitrogens with zero attached hydrogens (tertiary/aromatic N) is 1. The molecule has 19 heavy (non-hydrogen) atoms. The first-order valence-electron chi connectivity index (χ1n) is 6.61. The molecule has 0 amide bonds. The van der Waals surface area contributed by atoms with Crippen molar-refractivity contribution in [2.24, 2.45) is 5.73 Å². The van der Waals surface area contributed by atoms with Gasteiger partial charge in [0.2, 0.25) is 0 Å². The lowest BCUT2D eigenvalue weighted by Gasteiger charge is -2.20. The van der Waals surface area contributed by atoms with Crippen LogP contribution in [0.5, 0.6) is 0 Å². The lowest BCUT2D eigenvalue weighted by atomic mass is 9.90. The van der Waals surface area contributed by atoms with Crippen LogP contribution in [0.1, 0.15) is 41.3 Å². The number of aromatic nitrogens is 1. The summed E-state index contributed by atoms with van der Waals surface area (Å²) < 4.78 is 5.44. The Kier molecular flexibility index (Phi) is 3.32. The minimum Gasteiger partial charge on any atom is -0.372 e. The van der Waals surface area contributed by atoms with Gasteiger partial charge in [0.1, 0.15) is 0 Å². The molecule has 0 aliphatic carbocycles. The zero-order valence-electron chi connectivity index (χ0n) is 11.0. The second-order valence-electron chi connectivity index (χ2n) is 5.09. The van der Waals surface area contributed by atoms with Crippen molar-refractivity contribution in [1.29, 1.82) is 0 Å². The van der Waals surface area contributed by atoms with Crippen LogP contribution >= 0.6 is 0 Å². The van der Waals surface area contributed by atoms with E-state index in [0.29, 0.717) is 6.61 Å². The summed E-state index contributed by atoms with van der Waals surface area (Å²) in [5.41, 5.74) is 11.1. The van der Waals surface area contributed by atoms with Gasteiger partial charge in [-0.3, -0.25) is 4.98 Å². The van der Waals surface area contributed by atoms with Gasteiger partial charge < -0.3 is 10.5 Å². The number of hydrogen-bond acceptors (Lipinski definition) is 3. The number of ether oxygens (including phenoxy) is 1. The Morgan fingerprint density at radius 3 is 2.79 bits per heavy atom. The SMILES string of the molecule is CC(c1ccccn1)C(N)c1ccc2c(c1)COC2. The summed E-state index contributed by atoms with van der Waals surface area (Å²) in [7, 11) is 0. The molecule has 1 aromatic carbocycles. The van der Waals surface area contributed by atoms with E-state index in [1.807, 2.05) is 24.4 Å². The summed E-state index contributed by atoms with van der Waals surface area (Å²) in [4.78, 5) is 4.39. The molecule has 2 heterocycles. The van der Waals surface area contributed by atoms with Crippen LogP contribution in [0, 0.1) is 0 Å². The van der Waals surface area contributed by atoms with E-state index in [1.54, 1.807) is 0 Å². The molecule has 2 N–H and O–H groups in total. The molecule has 98 valence electrons. The lowest BCUT2D eigenvalue weighted by molar-refractivity contribution is 0.134. The first-order chi connectivity index (χ1) is 9.25. The van der Waals surface area contributed by atoms with Crippen molar-refractivity contribution in [1.82, 2.24) is 4.98 Å². The van der Waals surface area contributed by atoms with E-state index in [9.17, 15) is 0 Å². The molecule has 1 aliphatic heterocycles. The Balaban J connectivity index is 1.86. The summed E-state index contributed by atoms with van der Waals surface area (Å²) in [6, 6.07) is 12.3. The molecular weight excluding hydrogens is 236 g/mol. The Morgan fingerprint density at radius 2 is 2.00 bits per heavy atom. The highest BCUT2D eigenvalue weighted by Crippen LogP contribution is 2.30. The number of pyridine rings is 1. The molecular formula is C16H18N2O. The van der Waals surface area contributed by atoms with Crippen molar-refractivity contribution in [2.45, 2.75) is 32.1 Å². The lowest BCUT2D eigenvalue weighted by Crippen LogP contribution is -2.18. The summed E-state index contributed by atoms with van der Waals surface area (Å²) in [5, 5.41) is 0. The summed E-state index contributed by atoms with van der Waals surface area (Å²) in [6.07, 6.45) is 1.81. The maximum atomic E-state index is 6.38. The van der Waals surface area contributed by atoms with Crippen molar-refractivity contribution in [3.63, 3.8) is 0 Å². The topological polar surface area (TPSA) is 48.1 Å². The van der Waals surface area contributed by atoms with Crippen LogP contribution in [0.25, 0.3) is 0 Å². The Hall–Kier alpha value is -1.71. The second-order valence-corrected chi connectivity index (χ2v) is 5.09. The van der Waals surface area contributed by atoms with Gasteiger partial charge in [-0.2, -0.15) is 0 Å². The largest absolute Gasteiger partial charge is 0.372 e. The average Bonchev–Trinajstić information content (AvgIpc) is 2.94. The van der Waals surface area contributed by atoms with Gasteiger partial charge in [0.25, 0.3) is 0 Å². The van der Waals surface area contributed by atoms with Gasteiger partial charge in [-0.05, 0) is 28.8 Å². The van der Waals surface area contributed by atoms with E-state index in [4.69, 9.17) is 10.5 Å². The Labute approximate surface area is 113 Å². The molecule has 2 unspecified atom stereocenters. The number of nitrogens with two attached hydrogens (primary N) is 1. The molecule has 0 spiro atoms. The van der Waals surface area contributed by atoms with Crippen LogP contribution in [0.3, 0.4) is 0 Å². The normalized spacial score (nSPS) is 16.9. The molecule has 0 fully saturated rings. The van der Waals surface area contributed by atoms with Crippen LogP contribution in [0.4, 0.5) is 0 Å². The van der Waals surface area contributed by atoms with Crippen LogP contribution in [-0.2, 0) is 18.0 Å². The zero-order valence-corrected chi connectivity index (χ0v) is 11.0. The van der Waals surface area contributed by atoms with Gasteiger partial charge in [0.05, 0.1) is 13.2 Å². The van der Waals surface area contributed by atoms with Crippen LogP contribution < -0.4 is 5.73 Å². The number of hydrogen-bond donors (Lipinski definition) is 1. The van der Waals surface area contributed by atoms with E-state index >= 15 is 0 Å². The molecule has 3 rings (SSSR count). The maximum absolute atomic E-state index is 6.38. The predicted molar refractivity (Wildman–Crippen MR) is 74.5 cm³/mol. The maximum Gasteiger partial charge on any atom is 0.0725 e. The van der Waals surface area contributed by atoms with Crippen molar-refractivity contribution in [3.05, 3.63) is 65.0 Å². The van der Waals surface area contributed by atoms with Crippen molar-refractivity contribution < 1.29 is 4.74 Å². The monoisotopic (exact) mass is 254 g/mol. The van der Waals surface area contributed by atoms with Gasteiger partial charge in [0, 0.05) is 23.9 Å². The van der Waals surface area contributed by atoms with Gasteiger partial charge >= 0.3 is 0 Å². The van der Waals surface area contributed by atoms with E-state index < -0.39 is 0 Å². The van der Waals surface area contributed by atoms with Crippen molar-refractivity contribution >= 4 is 0 Å². The third-order valence-corrected chi connectivity index (χ3v) is 3.82. The van der Waals surface area contributed by atoms with Crippen molar-refractivity contribution in [3.8, 4) is 0 Å². The minimum atomic E-state index is -0.0409. The van der Waals surface area contributed by atoms with Gasteiger partial charge in [-0.1, -0.05) is 31.2 Å². The minimum absolute atomic E-state index is 0.0409. The average molecular weight is 254 g/mol. The van der Waals surface area contributed by atoms with Crippen LogP contribution in [0.15, 0.2) is 42.6 Å². The highest BCUT2D eigenvalue weighted by molar-refractivity contribution is 5.35. The molecule has 3 heteroatoms. The van der Waals surface area contributed by atoms with E-state index in [1.165, 1.54) is 11.1 Å². The molecule has 2 aromatic rings. The quantitative estimate of drug-likeness (QED) is 0.916. The third kappa shape index (κ3) is 2.39. The molecule has 0 saturated carbocycles. The highest BCUT2D eigenvalue weighted by atomic mass is 16.5. The van der Waals surface area contributed by atoms with Crippen LogP contribution in [0.2, 0.25) is 0 Å². The zero-order chi connectivity index (χ0) is 13.2. The van der Waals surface area contributed by atoms with Crippen molar-refractivity contribution in [2.75, 3.05) is 0 Å². The number of benzene rings is 1. The predicted octanol–water partition coefficient (Wildman–Crippen LogP) is 2.92. The summed E-state index contributed by atoms with van der Waals surface area (Å²) in [6.45, 7) is 3.55. The number of rotatable bonds is 3.